The molecule has 1 atom stereocenters. The van der Waals surface area contributed by atoms with Crippen LogP contribution in [0.15, 0.2) is 48.5 Å². The highest BCUT2D eigenvalue weighted by Gasteiger charge is 2.28. The molecule has 0 aromatic heterocycles. The number of carbonyl (C=O) groups is 1. The van der Waals surface area contributed by atoms with E-state index in [0.717, 1.165) is 18.7 Å². The Labute approximate surface area is 138 Å². The fourth-order valence-electron chi connectivity index (χ4n) is 2.84. The van der Waals surface area contributed by atoms with Gasteiger partial charge in [-0.2, -0.15) is 0 Å². The first kappa shape index (κ1) is 15.8. The van der Waals surface area contributed by atoms with Gasteiger partial charge in [-0.15, -0.1) is 0 Å². The molecule has 1 amide bonds. The van der Waals surface area contributed by atoms with E-state index in [9.17, 15) is 4.79 Å². The first-order chi connectivity index (χ1) is 11.1. The highest BCUT2D eigenvalue weighted by molar-refractivity contribution is 5.78. The summed E-state index contributed by atoms with van der Waals surface area (Å²) in [6, 6.07) is 16.9. The minimum Gasteiger partial charge on any atom is -0.352 e. The number of carbonyl (C=O) groups excluding carboxylic acids is 1. The summed E-state index contributed by atoms with van der Waals surface area (Å²) in [7, 11) is 0. The Morgan fingerprint density at radius 3 is 2.57 bits per heavy atom. The normalized spacial score (nSPS) is 15.7. The summed E-state index contributed by atoms with van der Waals surface area (Å²) in [6.45, 7) is 6.61. The number of hydrogen-bond acceptors (Lipinski definition) is 2. The molecule has 3 nitrogen and oxygen atoms in total. The van der Waals surface area contributed by atoms with Gasteiger partial charge < -0.3 is 10.6 Å². The second-order valence-corrected chi connectivity index (χ2v) is 6.49. The first-order valence-electron chi connectivity index (χ1n) is 8.28. The van der Waals surface area contributed by atoms with Crippen molar-refractivity contribution in [3.8, 4) is 11.1 Å². The van der Waals surface area contributed by atoms with Gasteiger partial charge >= 0.3 is 0 Å². The van der Waals surface area contributed by atoms with E-state index in [1.807, 2.05) is 6.92 Å². The largest absolute Gasteiger partial charge is 0.352 e. The van der Waals surface area contributed by atoms with Crippen molar-refractivity contribution in [1.29, 1.82) is 0 Å². The van der Waals surface area contributed by atoms with Crippen LogP contribution in [-0.4, -0.2) is 19.0 Å². The highest BCUT2D eigenvalue weighted by Crippen LogP contribution is 2.21. The predicted molar refractivity (Wildman–Crippen MR) is 94.0 cm³/mol. The minimum atomic E-state index is 0.0801. The van der Waals surface area contributed by atoms with Crippen LogP contribution in [0, 0.1) is 18.8 Å². The van der Waals surface area contributed by atoms with Crippen LogP contribution in [0.5, 0.6) is 0 Å². The summed E-state index contributed by atoms with van der Waals surface area (Å²) in [5, 5.41) is 6.29. The van der Waals surface area contributed by atoms with Gasteiger partial charge in [0.2, 0.25) is 5.91 Å². The average Bonchev–Trinajstić information content (AvgIpc) is 2.52. The molecular formula is C20H24N2O. The summed E-state index contributed by atoms with van der Waals surface area (Å²) in [5.41, 5.74) is 4.79. The topological polar surface area (TPSA) is 41.1 Å². The summed E-state index contributed by atoms with van der Waals surface area (Å²) in [6.07, 6.45) is 0. The maximum absolute atomic E-state index is 12.2. The second kappa shape index (κ2) is 6.97. The van der Waals surface area contributed by atoms with Crippen molar-refractivity contribution < 1.29 is 4.79 Å². The van der Waals surface area contributed by atoms with Gasteiger partial charge in [-0.3, -0.25) is 4.79 Å². The van der Waals surface area contributed by atoms with E-state index in [4.69, 9.17) is 0 Å². The van der Waals surface area contributed by atoms with Crippen molar-refractivity contribution in [2.45, 2.75) is 20.4 Å². The van der Waals surface area contributed by atoms with Gasteiger partial charge in [0, 0.05) is 12.5 Å². The summed E-state index contributed by atoms with van der Waals surface area (Å²) >= 11 is 0. The first-order valence-corrected chi connectivity index (χ1v) is 8.28. The molecule has 3 heteroatoms. The number of rotatable bonds is 5. The van der Waals surface area contributed by atoms with E-state index in [0.29, 0.717) is 12.5 Å². The average molecular weight is 308 g/mol. The van der Waals surface area contributed by atoms with E-state index in [1.54, 1.807) is 0 Å². The number of hydrogen-bond donors (Lipinski definition) is 2. The van der Waals surface area contributed by atoms with E-state index >= 15 is 0 Å². The van der Waals surface area contributed by atoms with Crippen LogP contribution in [-0.2, 0) is 11.3 Å². The monoisotopic (exact) mass is 308 g/mol. The molecule has 2 N–H and O–H groups in total. The molecule has 0 bridgehead atoms. The van der Waals surface area contributed by atoms with Crippen LogP contribution >= 0.6 is 0 Å². The third-order valence-corrected chi connectivity index (χ3v) is 4.71. The Hall–Kier alpha value is -2.13. The Bertz CT molecular complexity index is 674. The van der Waals surface area contributed by atoms with Gasteiger partial charge in [0.15, 0.2) is 0 Å². The molecule has 0 saturated carbocycles. The molecule has 1 fully saturated rings. The van der Waals surface area contributed by atoms with Crippen molar-refractivity contribution >= 4 is 5.91 Å². The van der Waals surface area contributed by atoms with Gasteiger partial charge in [-0.25, -0.2) is 0 Å². The Morgan fingerprint density at radius 1 is 1.17 bits per heavy atom. The molecule has 2 aromatic rings. The van der Waals surface area contributed by atoms with E-state index in [-0.39, 0.29) is 11.8 Å². The quantitative estimate of drug-likeness (QED) is 0.891. The summed E-state index contributed by atoms with van der Waals surface area (Å²) in [5.74, 6) is 0.711. The Balaban J connectivity index is 1.63. The molecular weight excluding hydrogens is 284 g/mol. The van der Waals surface area contributed by atoms with E-state index in [1.165, 1.54) is 16.7 Å². The van der Waals surface area contributed by atoms with Crippen LogP contribution in [0.4, 0.5) is 0 Å². The Kier molecular flexibility index (Phi) is 4.77. The van der Waals surface area contributed by atoms with Gasteiger partial charge in [0.1, 0.15) is 0 Å². The van der Waals surface area contributed by atoms with Crippen molar-refractivity contribution in [3.05, 3.63) is 59.7 Å². The highest BCUT2D eigenvalue weighted by atomic mass is 16.1. The fourth-order valence-corrected chi connectivity index (χ4v) is 2.84. The number of aryl methyl sites for hydroxylation is 1. The molecule has 3 rings (SSSR count). The van der Waals surface area contributed by atoms with E-state index in [2.05, 4.69) is 66.1 Å². The number of benzene rings is 2. The van der Waals surface area contributed by atoms with Crippen LogP contribution < -0.4 is 10.6 Å². The molecule has 1 heterocycles. The molecule has 1 aliphatic heterocycles. The zero-order valence-electron chi connectivity index (χ0n) is 13.8. The third-order valence-electron chi connectivity index (χ3n) is 4.71. The zero-order valence-corrected chi connectivity index (χ0v) is 13.8. The minimum absolute atomic E-state index is 0.0801. The van der Waals surface area contributed by atoms with Crippen molar-refractivity contribution in [3.63, 3.8) is 0 Å². The van der Waals surface area contributed by atoms with Gasteiger partial charge in [-0.05, 0) is 48.7 Å². The predicted octanol–water partition coefficient (Wildman–Crippen LogP) is 3.13. The van der Waals surface area contributed by atoms with Crippen LogP contribution in [0.2, 0.25) is 0 Å². The lowest BCUT2D eigenvalue weighted by Crippen LogP contribution is -2.49. The smallest absolute Gasteiger partial charge is 0.223 e. The molecule has 0 radical (unpaired) electrons. The second-order valence-electron chi connectivity index (χ2n) is 6.49. The third kappa shape index (κ3) is 3.80. The molecule has 0 aliphatic carbocycles. The number of nitrogens with one attached hydrogen (secondary N) is 2. The van der Waals surface area contributed by atoms with Crippen LogP contribution in [0.25, 0.3) is 11.1 Å². The SMILES string of the molecule is Cc1ccc(-c2cccc(CNC(=O)C(C)C3CNC3)c2)cc1. The lowest BCUT2D eigenvalue weighted by atomic mass is 9.88. The fraction of sp³-hybridized carbons (Fsp3) is 0.350. The van der Waals surface area contributed by atoms with E-state index < -0.39 is 0 Å². The van der Waals surface area contributed by atoms with Crippen molar-refractivity contribution in [2.75, 3.05) is 13.1 Å². The molecule has 23 heavy (non-hydrogen) atoms. The van der Waals surface area contributed by atoms with Gasteiger partial charge in [0.25, 0.3) is 0 Å². The Morgan fingerprint density at radius 2 is 1.91 bits per heavy atom. The lowest BCUT2D eigenvalue weighted by molar-refractivity contribution is -0.126. The van der Waals surface area contributed by atoms with Crippen LogP contribution in [0.1, 0.15) is 18.1 Å². The maximum atomic E-state index is 12.2. The lowest BCUT2D eigenvalue weighted by Gasteiger charge is -2.31. The van der Waals surface area contributed by atoms with Crippen molar-refractivity contribution in [2.24, 2.45) is 11.8 Å². The summed E-state index contributed by atoms with van der Waals surface area (Å²) in [4.78, 5) is 12.2. The van der Waals surface area contributed by atoms with Gasteiger partial charge in [-0.1, -0.05) is 55.0 Å². The molecule has 1 aliphatic rings. The standard InChI is InChI=1S/C20H24N2O/c1-14-6-8-17(9-7-14)18-5-3-4-16(10-18)11-22-20(23)15(2)19-12-21-13-19/h3-10,15,19,21H,11-13H2,1-2H3,(H,22,23). The zero-order chi connectivity index (χ0) is 16.2. The van der Waals surface area contributed by atoms with Crippen molar-refractivity contribution in [1.82, 2.24) is 10.6 Å². The summed E-state index contributed by atoms with van der Waals surface area (Å²) < 4.78 is 0. The van der Waals surface area contributed by atoms with Crippen LogP contribution in [0.3, 0.4) is 0 Å². The maximum Gasteiger partial charge on any atom is 0.223 e. The molecule has 1 unspecified atom stereocenters. The molecule has 2 aromatic carbocycles. The number of amides is 1. The molecule has 120 valence electrons. The molecule has 0 spiro atoms. The molecule has 1 saturated heterocycles. The van der Waals surface area contributed by atoms with Gasteiger partial charge in [0.05, 0.1) is 0 Å².